The van der Waals surface area contributed by atoms with Crippen molar-refractivity contribution in [3.8, 4) is 22.4 Å². The SMILES string of the molecule is Nc1cnc(-c2ccc(-c3ccccc3NS(=O)O)cc2F)cn1. The zero-order chi connectivity index (χ0) is 17.1. The average Bonchev–Trinajstić information content (AvgIpc) is 2.56. The third-order valence-corrected chi connectivity index (χ3v) is 3.75. The van der Waals surface area contributed by atoms with Gasteiger partial charge >= 0.3 is 0 Å². The molecule has 6 nitrogen and oxygen atoms in total. The van der Waals surface area contributed by atoms with E-state index < -0.39 is 17.1 Å². The van der Waals surface area contributed by atoms with Crippen molar-refractivity contribution in [2.45, 2.75) is 0 Å². The van der Waals surface area contributed by atoms with Gasteiger partial charge in [0.25, 0.3) is 11.3 Å². The minimum atomic E-state index is -2.22. The normalized spacial score (nSPS) is 11.9. The Labute approximate surface area is 140 Å². The van der Waals surface area contributed by atoms with Crippen molar-refractivity contribution >= 4 is 22.8 Å². The number of anilines is 2. The molecule has 3 aromatic rings. The lowest BCUT2D eigenvalue weighted by Gasteiger charge is -2.11. The van der Waals surface area contributed by atoms with Crippen molar-refractivity contribution in [2.24, 2.45) is 0 Å². The highest BCUT2D eigenvalue weighted by Gasteiger charge is 2.11. The van der Waals surface area contributed by atoms with Gasteiger partial charge in [-0.1, -0.05) is 24.3 Å². The maximum atomic E-state index is 14.5. The van der Waals surface area contributed by atoms with Crippen LogP contribution in [0.4, 0.5) is 15.9 Å². The molecule has 0 radical (unpaired) electrons. The molecule has 8 heteroatoms. The second-order valence-electron chi connectivity index (χ2n) is 4.92. The van der Waals surface area contributed by atoms with Crippen LogP contribution >= 0.6 is 0 Å². The monoisotopic (exact) mass is 344 g/mol. The van der Waals surface area contributed by atoms with Crippen molar-refractivity contribution in [3.63, 3.8) is 0 Å². The Hall–Kier alpha value is -2.84. The quantitative estimate of drug-likeness (QED) is 0.631. The number of benzene rings is 2. The Kier molecular flexibility index (Phi) is 4.50. The molecule has 3 rings (SSSR count). The van der Waals surface area contributed by atoms with Crippen molar-refractivity contribution in [1.82, 2.24) is 9.97 Å². The topological polar surface area (TPSA) is 101 Å². The molecule has 0 aliphatic heterocycles. The number of nitrogens with zero attached hydrogens (tertiary/aromatic N) is 2. The molecule has 0 amide bonds. The standard InChI is InChI=1S/C16H13FN4O2S/c17-13-7-10(11-3-1-2-4-14(11)21-24(22)23)5-6-12(13)15-8-20-16(18)9-19-15/h1-9,21H,(H2,18,20)(H,22,23). The van der Waals surface area contributed by atoms with Gasteiger partial charge in [0.2, 0.25) is 0 Å². The Morgan fingerprint density at radius 2 is 1.88 bits per heavy atom. The number of rotatable bonds is 4. The van der Waals surface area contributed by atoms with Gasteiger partial charge in [-0.25, -0.2) is 13.6 Å². The van der Waals surface area contributed by atoms with Crippen LogP contribution in [0.1, 0.15) is 0 Å². The molecule has 1 heterocycles. The summed E-state index contributed by atoms with van der Waals surface area (Å²) in [5, 5.41) is 0. The number of aromatic nitrogens is 2. The van der Waals surface area contributed by atoms with Crippen molar-refractivity contribution < 1.29 is 13.2 Å². The first-order valence-electron chi connectivity index (χ1n) is 6.89. The average molecular weight is 344 g/mol. The van der Waals surface area contributed by atoms with E-state index in [0.717, 1.165) is 0 Å². The molecule has 1 unspecified atom stereocenters. The molecule has 1 aromatic heterocycles. The number of para-hydroxylation sites is 1. The molecular formula is C16H13FN4O2S. The van der Waals surface area contributed by atoms with Gasteiger partial charge in [0.05, 0.1) is 23.8 Å². The first kappa shape index (κ1) is 16.0. The lowest BCUT2D eigenvalue weighted by Crippen LogP contribution is -2.03. The molecule has 0 aliphatic carbocycles. The molecule has 0 spiro atoms. The summed E-state index contributed by atoms with van der Waals surface area (Å²) in [5.74, 6) is -0.223. The van der Waals surface area contributed by atoms with Crippen molar-refractivity contribution in [2.75, 3.05) is 10.5 Å². The minimum Gasteiger partial charge on any atom is -0.382 e. The van der Waals surface area contributed by atoms with Crippen molar-refractivity contribution in [3.05, 3.63) is 60.7 Å². The molecule has 0 saturated carbocycles. The minimum absolute atomic E-state index is 0.257. The smallest absolute Gasteiger partial charge is 0.259 e. The number of nitrogens with one attached hydrogen (secondary N) is 1. The molecule has 4 N–H and O–H groups in total. The summed E-state index contributed by atoms with van der Waals surface area (Å²) in [6.07, 6.45) is 2.76. The zero-order valence-electron chi connectivity index (χ0n) is 12.3. The number of hydrogen-bond donors (Lipinski definition) is 3. The lowest BCUT2D eigenvalue weighted by molar-refractivity contribution is 0.570. The van der Waals surface area contributed by atoms with Gasteiger partial charge in [-0.15, -0.1) is 0 Å². The summed E-state index contributed by atoms with van der Waals surface area (Å²) in [5.41, 5.74) is 7.74. The van der Waals surface area contributed by atoms with E-state index >= 15 is 0 Å². The van der Waals surface area contributed by atoms with Gasteiger partial charge in [0.1, 0.15) is 11.6 Å². The Balaban J connectivity index is 2.02. The number of nitrogen functional groups attached to an aromatic ring is 1. The van der Waals surface area contributed by atoms with E-state index in [1.165, 1.54) is 18.5 Å². The predicted molar refractivity (Wildman–Crippen MR) is 91.7 cm³/mol. The van der Waals surface area contributed by atoms with Crippen LogP contribution in [0.3, 0.4) is 0 Å². The summed E-state index contributed by atoms with van der Waals surface area (Å²) < 4.78 is 36.9. The first-order chi connectivity index (χ1) is 11.5. The van der Waals surface area contributed by atoms with Crippen LogP contribution in [0.15, 0.2) is 54.9 Å². The Morgan fingerprint density at radius 3 is 2.54 bits per heavy atom. The van der Waals surface area contributed by atoms with Crippen molar-refractivity contribution in [1.29, 1.82) is 0 Å². The van der Waals surface area contributed by atoms with E-state index in [1.54, 1.807) is 36.4 Å². The van der Waals surface area contributed by atoms with E-state index in [9.17, 15) is 8.60 Å². The molecule has 0 fully saturated rings. The summed E-state index contributed by atoms with van der Waals surface area (Å²) >= 11 is -2.22. The van der Waals surface area contributed by atoms with Gasteiger partial charge in [0.15, 0.2) is 0 Å². The second-order valence-corrected chi connectivity index (χ2v) is 5.62. The molecule has 0 aliphatic rings. The van der Waals surface area contributed by atoms with Crippen LogP contribution in [0.5, 0.6) is 0 Å². The number of hydrogen-bond acceptors (Lipinski definition) is 4. The van der Waals surface area contributed by atoms with Crippen LogP contribution in [0, 0.1) is 5.82 Å². The lowest BCUT2D eigenvalue weighted by atomic mass is 10.0. The molecule has 24 heavy (non-hydrogen) atoms. The van der Waals surface area contributed by atoms with Gasteiger partial charge < -0.3 is 5.73 Å². The van der Waals surface area contributed by atoms with E-state index in [2.05, 4.69) is 14.7 Å². The zero-order valence-corrected chi connectivity index (χ0v) is 13.1. The van der Waals surface area contributed by atoms with Gasteiger partial charge in [-0.2, -0.15) is 0 Å². The van der Waals surface area contributed by atoms with Crippen LogP contribution in [0.25, 0.3) is 22.4 Å². The number of halogens is 1. The highest BCUT2D eigenvalue weighted by molar-refractivity contribution is 7.80. The highest BCUT2D eigenvalue weighted by Crippen LogP contribution is 2.31. The van der Waals surface area contributed by atoms with Crippen LogP contribution < -0.4 is 10.5 Å². The fraction of sp³-hybridized carbons (Fsp3) is 0. The van der Waals surface area contributed by atoms with Gasteiger partial charge in [-0.05, 0) is 23.8 Å². The summed E-state index contributed by atoms with van der Waals surface area (Å²) in [7, 11) is 0. The summed E-state index contributed by atoms with van der Waals surface area (Å²) in [6.45, 7) is 0. The fourth-order valence-electron chi connectivity index (χ4n) is 2.29. The van der Waals surface area contributed by atoms with E-state index in [0.29, 0.717) is 28.1 Å². The maximum absolute atomic E-state index is 14.5. The predicted octanol–water partition coefficient (Wildman–Crippen LogP) is 3.08. The van der Waals surface area contributed by atoms with Crippen LogP contribution in [0.2, 0.25) is 0 Å². The van der Waals surface area contributed by atoms with E-state index in [4.69, 9.17) is 10.3 Å². The Bertz CT molecular complexity index is 903. The summed E-state index contributed by atoms with van der Waals surface area (Å²) in [6, 6.07) is 11.5. The number of nitrogens with two attached hydrogens (primary N) is 1. The second kappa shape index (κ2) is 6.73. The molecule has 2 aromatic carbocycles. The molecule has 0 bridgehead atoms. The van der Waals surface area contributed by atoms with Crippen LogP contribution in [-0.2, 0) is 11.3 Å². The summed E-state index contributed by atoms with van der Waals surface area (Å²) in [4.78, 5) is 7.96. The molecular weight excluding hydrogens is 331 g/mol. The largest absolute Gasteiger partial charge is 0.382 e. The third kappa shape index (κ3) is 3.39. The van der Waals surface area contributed by atoms with E-state index in [-0.39, 0.29) is 5.82 Å². The fourth-order valence-corrected chi connectivity index (χ4v) is 2.65. The van der Waals surface area contributed by atoms with Gasteiger partial charge in [0, 0.05) is 11.1 Å². The highest BCUT2D eigenvalue weighted by atomic mass is 32.2. The van der Waals surface area contributed by atoms with E-state index in [1.807, 2.05) is 0 Å². The maximum Gasteiger partial charge on any atom is 0.259 e. The first-order valence-corrected chi connectivity index (χ1v) is 7.99. The molecule has 0 saturated heterocycles. The molecule has 122 valence electrons. The Morgan fingerprint density at radius 1 is 1.08 bits per heavy atom. The van der Waals surface area contributed by atoms with Gasteiger partial charge in [-0.3, -0.25) is 14.3 Å². The third-order valence-electron chi connectivity index (χ3n) is 3.35. The molecule has 1 atom stereocenters. The van der Waals surface area contributed by atoms with Crippen LogP contribution in [-0.4, -0.2) is 18.7 Å².